The molecule has 0 aliphatic heterocycles. The Morgan fingerprint density at radius 1 is 1.00 bits per heavy atom. The van der Waals surface area contributed by atoms with E-state index in [-0.39, 0.29) is 5.97 Å². The van der Waals surface area contributed by atoms with Crippen LogP contribution in [0.25, 0.3) is 0 Å². The van der Waals surface area contributed by atoms with Crippen LogP contribution in [0, 0.1) is 0 Å². The molecule has 0 heterocycles. The third kappa shape index (κ3) is 16.5. The van der Waals surface area contributed by atoms with Gasteiger partial charge in [-0.3, -0.25) is 4.79 Å². The maximum absolute atomic E-state index is 11.4. The zero-order chi connectivity index (χ0) is 20.4. The highest BCUT2D eigenvalue weighted by Gasteiger charge is 2.13. The fourth-order valence-electron chi connectivity index (χ4n) is 2.35. The summed E-state index contributed by atoms with van der Waals surface area (Å²) >= 11 is 0. The van der Waals surface area contributed by atoms with E-state index in [4.69, 9.17) is 4.74 Å². The molecule has 0 amide bonds. The van der Waals surface area contributed by atoms with Crippen molar-refractivity contribution in [3.8, 4) is 0 Å². The predicted octanol–water partition coefficient (Wildman–Crippen LogP) is 3.30. The van der Waals surface area contributed by atoms with Gasteiger partial charge in [0.15, 0.2) is 0 Å². The van der Waals surface area contributed by atoms with Crippen LogP contribution in [0.4, 0.5) is 0 Å². The molecule has 0 bridgehead atoms. The van der Waals surface area contributed by atoms with E-state index in [0.29, 0.717) is 26.1 Å². The van der Waals surface area contributed by atoms with Crippen molar-refractivity contribution in [3.63, 3.8) is 0 Å². The Balaban J connectivity index is 0. The summed E-state index contributed by atoms with van der Waals surface area (Å²) in [6.07, 6.45) is 6.63. The molecule has 0 unspecified atom stereocenters. The lowest BCUT2D eigenvalue weighted by atomic mass is 10.1. The van der Waals surface area contributed by atoms with Crippen LogP contribution >= 0.6 is 0 Å². The minimum atomic E-state index is -3.15. The van der Waals surface area contributed by atoms with E-state index in [2.05, 4.69) is 32.3 Å². The quantitative estimate of drug-likeness (QED) is 0.258. The summed E-state index contributed by atoms with van der Waals surface area (Å²) in [5.74, 6) is -0.160. The summed E-state index contributed by atoms with van der Waals surface area (Å²) in [4.78, 5) is 13.5. The summed E-state index contributed by atoms with van der Waals surface area (Å²) in [6, 6.07) is 0. The molecule has 0 spiro atoms. The van der Waals surface area contributed by atoms with Crippen LogP contribution in [-0.2, 0) is 19.6 Å². The number of sulfonamides is 1. The standard InChI is InChI=1S/C13H25NO4S.C6H15N/c1-4-11-14(19(3,16)17)12-9-7-6-8-10-13(15)18-5-2;1-4-7(5-2)6-3/h4H,1,5-12H2,2-3H3;4-6H2,1-3H3. The highest BCUT2D eigenvalue weighted by molar-refractivity contribution is 7.88. The first-order chi connectivity index (χ1) is 12.3. The Bertz CT molecular complexity index is 443. The largest absolute Gasteiger partial charge is 0.466 e. The molecule has 26 heavy (non-hydrogen) atoms. The Kier molecular flexibility index (Phi) is 18.4. The summed E-state index contributed by atoms with van der Waals surface area (Å²) in [5, 5.41) is 0. The zero-order valence-electron chi connectivity index (χ0n) is 17.5. The molecule has 0 radical (unpaired) electrons. The third-order valence-electron chi connectivity index (χ3n) is 3.99. The van der Waals surface area contributed by atoms with Crippen molar-refractivity contribution in [1.82, 2.24) is 9.21 Å². The van der Waals surface area contributed by atoms with Gasteiger partial charge in [0.25, 0.3) is 0 Å². The molecular formula is C19H40N2O4S. The van der Waals surface area contributed by atoms with Gasteiger partial charge in [-0.2, -0.15) is 4.31 Å². The number of carbonyl (C=O) groups excluding carboxylic acids is 1. The SMILES string of the molecule is C=CCN(CCCCCCC(=O)OCC)S(C)(=O)=O.CCN(CC)CC. The topological polar surface area (TPSA) is 66.9 Å². The van der Waals surface area contributed by atoms with Crippen molar-refractivity contribution >= 4 is 16.0 Å². The second-order valence-corrected chi connectivity index (χ2v) is 7.98. The predicted molar refractivity (Wildman–Crippen MR) is 110 cm³/mol. The highest BCUT2D eigenvalue weighted by Crippen LogP contribution is 2.07. The van der Waals surface area contributed by atoms with Crippen LogP contribution in [0.5, 0.6) is 0 Å². The molecular weight excluding hydrogens is 352 g/mol. The van der Waals surface area contributed by atoms with Crippen molar-refractivity contribution in [1.29, 1.82) is 0 Å². The fourth-order valence-corrected chi connectivity index (χ4v) is 3.19. The first-order valence-electron chi connectivity index (χ1n) is 9.70. The van der Waals surface area contributed by atoms with Crippen molar-refractivity contribution in [2.75, 3.05) is 45.6 Å². The first kappa shape index (κ1) is 27.3. The number of hydrogen-bond donors (Lipinski definition) is 0. The van der Waals surface area contributed by atoms with E-state index < -0.39 is 10.0 Å². The summed E-state index contributed by atoms with van der Waals surface area (Å²) in [6.45, 7) is 16.7. The summed E-state index contributed by atoms with van der Waals surface area (Å²) in [5.41, 5.74) is 0. The lowest BCUT2D eigenvalue weighted by Crippen LogP contribution is -2.31. The Labute approximate surface area is 161 Å². The molecule has 0 fully saturated rings. The number of unbranched alkanes of at least 4 members (excludes halogenated alkanes) is 3. The molecule has 0 aliphatic rings. The van der Waals surface area contributed by atoms with Gasteiger partial charge in [-0.25, -0.2) is 8.42 Å². The van der Waals surface area contributed by atoms with Gasteiger partial charge >= 0.3 is 5.97 Å². The minimum Gasteiger partial charge on any atom is -0.466 e. The smallest absolute Gasteiger partial charge is 0.305 e. The van der Waals surface area contributed by atoms with Crippen LogP contribution in [-0.4, -0.2) is 69.2 Å². The molecule has 0 saturated carbocycles. The molecule has 0 atom stereocenters. The van der Waals surface area contributed by atoms with Crippen molar-refractivity contribution < 1.29 is 17.9 Å². The number of hydrogen-bond acceptors (Lipinski definition) is 5. The molecule has 0 rings (SSSR count). The Morgan fingerprint density at radius 2 is 1.54 bits per heavy atom. The minimum absolute atomic E-state index is 0.160. The normalized spacial score (nSPS) is 11.2. The average molecular weight is 393 g/mol. The monoisotopic (exact) mass is 392 g/mol. The molecule has 0 aliphatic carbocycles. The zero-order valence-corrected chi connectivity index (χ0v) is 18.3. The Hall–Kier alpha value is -0.920. The summed E-state index contributed by atoms with van der Waals surface area (Å²) in [7, 11) is -3.15. The van der Waals surface area contributed by atoms with Gasteiger partial charge in [-0.1, -0.05) is 39.7 Å². The fraction of sp³-hybridized carbons (Fsp3) is 0.842. The van der Waals surface area contributed by atoms with Gasteiger partial charge < -0.3 is 9.64 Å². The molecule has 156 valence electrons. The van der Waals surface area contributed by atoms with Crippen molar-refractivity contribution in [2.24, 2.45) is 0 Å². The average Bonchev–Trinajstić information content (AvgIpc) is 2.58. The van der Waals surface area contributed by atoms with Crippen LogP contribution in [0.15, 0.2) is 12.7 Å². The molecule has 0 aromatic carbocycles. The van der Waals surface area contributed by atoms with Gasteiger partial charge in [0, 0.05) is 19.5 Å². The molecule has 0 N–H and O–H groups in total. The van der Waals surface area contributed by atoms with Crippen LogP contribution < -0.4 is 0 Å². The van der Waals surface area contributed by atoms with Crippen LogP contribution in [0.1, 0.15) is 59.8 Å². The second kappa shape index (κ2) is 17.5. The van der Waals surface area contributed by atoms with Gasteiger partial charge in [-0.15, -0.1) is 6.58 Å². The van der Waals surface area contributed by atoms with E-state index in [1.807, 2.05) is 0 Å². The number of nitrogens with zero attached hydrogens (tertiary/aromatic N) is 2. The van der Waals surface area contributed by atoms with Gasteiger partial charge in [0.05, 0.1) is 12.9 Å². The van der Waals surface area contributed by atoms with Gasteiger partial charge in [0.2, 0.25) is 10.0 Å². The molecule has 0 aromatic heterocycles. The van der Waals surface area contributed by atoms with Crippen molar-refractivity contribution in [3.05, 3.63) is 12.7 Å². The highest BCUT2D eigenvalue weighted by atomic mass is 32.2. The van der Waals surface area contributed by atoms with Gasteiger partial charge in [-0.05, 0) is 39.4 Å². The summed E-state index contributed by atoms with van der Waals surface area (Å²) < 4.78 is 29.1. The maximum atomic E-state index is 11.4. The first-order valence-corrected chi connectivity index (χ1v) is 11.5. The maximum Gasteiger partial charge on any atom is 0.305 e. The number of ether oxygens (including phenoxy) is 1. The lowest BCUT2D eigenvalue weighted by Gasteiger charge is -2.17. The molecule has 0 saturated heterocycles. The van der Waals surface area contributed by atoms with E-state index in [1.54, 1.807) is 13.0 Å². The van der Waals surface area contributed by atoms with E-state index in [1.165, 1.54) is 30.2 Å². The van der Waals surface area contributed by atoms with E-state index >= 15 is 0 Å². The second-order valence-electron chi connectivity index (χ2n) is 6.00. The molecule has 6 nitrogen and oxygen atoms in total. The number of rotatable bonds is 14. The van der Waals surface area contributed by atoms with Gasteiger partial charge in [0.1, 0.15) is 0 Å². The number of esters is 1. The molecule has 0 aromatic rings. The van der Waals surface area contributed by atoms with Crippen LogP contribution in [0.2, 0.25) is 0 Å². The van der Waals surface area contributed by atoms with E-state index in [0.717, 1.165) is 25.7 Å². The number of carbonyl (C=O) groups is 1. The lowest BCUT2D eigenvalue weighted by molar-refractivity contribution is -0.143. The van der Waals surface area contributed by atoms with E-state index in [9.17, 15) is 13.2 Å². The Morgan fingerprint density at radius 3 is 1.92 bits per heavy atom. The van der Waals surface area contributed by atoms with Crippen LogP contribution in [0.3, 0.4) is 0 Å². The molecule has 7 heteroatoms. The third-order valence-corrected chi connectivity index (χ3v) is 5.26. The van der Waals surface area contributed by atoms with Crippen molar-refractivity contribution in [2.45, 2.75) is 59.8 Å².